The van der Waals surface area contributed by atoms with Gasteiger partial charge in [0, 0.05) is 5.56 Å². The molecule has 0 amide bonds. The van der Waals surface area contributed by atoms with Gasteiger partial charge in [-0.25, -0.2) is 0 Å². The summed E-state index contributed by atoms with van der Waals surface area (Å²) in [6, 6.07) is 19.8. The van der Waals surface area contributed by atoms with Crippen molar-refractivity contribution in [1.29, 1.82) is 0 Å². The van der Waals surface area contributed by atoms with Crippen LogP contribution in [0.25, 0.3) is 0 Å². The van der Waals surface area contributed by atoms with Crippen LogP contribution in [0, 0.1) is 0 Å². The average Bonchev–Trinajstić information content (AvgIpc) is 3.03. The molecule has 0 spiro atoms. The minimum Gasteiger partial charge on any atom is -0.461 e. The van der Waals surface area contributed by atoms with Crippen LogP contribution >= 0.6 is 0 Å². The molecule has 98 valence electrons. The largest absolute Gasteiger partial charge is 0.461 e. The molecule has 0 atom stereocenters. The van der Waals surface area contributed by atoms with E-state index in [0.717, 1.165) is 5.75 Å². The van der Waals surface area contributed by atoms with Crippen LogP contribution < -0.4 is 4.74 Å². The zero-order valence-corrected chi connectivity index (χ0v) is 10.7. The first-order chi connectivity index (χ1) is 9.83. The number of carbonyl (C=O) groups excluding carboxylic acids is 1. The number of ketones is 1. The Morgan fingerprint density at radius 3 is 2.15 bits per heavy atom. The second kappa shape index (κ2) is 5.45. The Bertz CT molecular complexity index is 683. The van der Waals surface area contributed by atoms with Gasteiger partial charge in [-0.2, -0.15) is 0 Å². The van der Waals surface area contributed by atoms with Crippen molar-refractivity contribution >= 4 is 5.78 Å². The van der Waals surface area contributed by atoms with Gasteiger partial charge in [0.2, 0.25) is 5.78 Å². The van der Waals surface area contributed by atoms with E-state index in [1.54, 1.807) is 36.4 Å². The van der Waals surface area contributed by atoms with E-state index in [-0.39, 0.29) is 5.78 Å². The molecule has 0 radical (unpaired) electrons. The average molecular weight is 264 g/mol. The number of rotatable bonds is 4. The van der Waals surface area contributed by atoms with Crippen molar-refractivity contribution in [3.8, 4) is 11.5 Å². The van der Waals surface area contributed by atoms with E-state index in [2.05, 4.69) is 0 Å². The summed E-state index contributed by atoms with van der Waals surface area (Å²) in [5.74, 6) is 1.65. The number of hydrogen-bond acceptors (Lipinski definition) is 3. The first kappa shape index (κ1) is 12.2. The topological polar surface area (TPSA) is 39.4 Å². The highest BCUT2D eigenvalue weighted by Crippen LogP contribution is 2.22. The number of ether oxygens (including phenoxy) is 1. The third-order valence-corrected chi connectivity index (χ3v) is 2.84. The lowest BCUT2D eigenvalue weighted by Gasteiger charge is -2.05. The monoisotopic (exact) mass is 264 g/mol. The van der Waals surface area contributed by atoms with Crippen LogP contribution in [0.15, 0.2) is 77.4 Å². The van der Waals surface area contributed by atoms with Crippen molar-refractivity contribution in [3.63, 3.8) is 0 Å². The molecule has 0 saturated heterocycles. The summed E-state index contributed by atoms with van der Waals surface area (Å²) in [6.07, 6.45) is 1.49. The smallest absolute Gasteiger partial charge is 0.228 e. The van der Waals surface area contributed by atoms with Gasteiger partial charge < -0.3 is 9.15 Å². The molecule has 0 N–H and O–H groups in total. The van der Waals surface area contributed by atoms with Gasteiger partial charge in [0.25, 0.3) is 0 Å². The lowest BCUT2D eigenvalue weighted by molar-refractivity contribution is 0.101. The summed E-state index contributed by atoms with van der Waals surface area (Å²) < 4.78 is 10.8. The third kappa shape index (κ3) is 2.62. The predicted molar refractivity (Wildman–Crippen MR) is 75.1 cm³/mol. The molecule has 0 fully saturated rings. The van der Waals surface area contributed by atoms with Crippen molar-refractivity contribution in [2.75, 3.05) is 0 Å². The van der Waals surface area contributed by atoms with Crippen molar-refractivity contribution in [2.24, 2.45) is 0 Å². The molecule has 1 aromatic heterocycles. The molecule has 3 heteroatoms. The lowest BCUT2D eigenvalue weighted by Crippen LogP contribution is -1.99. The van der Waals surface area contributed by atoms with Crippen molar-refractivity contribution < 1.29 is 13.9 Å². The third-order valence-electron chi connectivity index (χ3n) is 2.84. The highest BCUT2D eigenvalue weighted by molar-refractivity contribution is 6.07. The fraction of sp³-hybridized carbons (Fsp3) is 0. The van der Waals surface area contributed by atoms with Gasteiger partial charge in [-0.1, -0.05) is 18.2 Å². The maximum Gasteiger partial charge on any atom is 0.228 e. The highest BCUT2D eigenvalue weighted by Gasteiger charge is 2.11. The van der Waals surface area contributed by atoms with Crippen molar-refractivity contribution in [1.82, 2.24) is 0 Å². The Balaban J connectivity index is 1.76. The molecule has 3 nitrogen and oxygen atoms in total. The fourth-order valence-corrected chi connectivity index (χ4v) is 1.85. The summed E-state index contributed by atoms with van der Waals surface area (Å²) in [5.41, 5.74) is 0.570. The minimum atomic E-state index is -0.138. The minimum absolute atomic E-state index is 0.138. The number of para-hydroxylation sites is 1. The molecule has 3 rings (SSSR count). The fourth-order valence-electron chi connectivity index (χ4n) is 1.85. The van der Waals surface area contributed by atoms with E-state index in [4.69, 9.17) is 9.15 Å². The van der Waals surface area contributed by atoms with Gasteiger partial charge in [-0.3, -0.25) is 4.79 Å². The molecule has 0 bridgehead atoms. The summed E-state index contributed by atoms with van der Waals surface area (Å²) in [4.78, 5) is 12.0. The van der Waals surface area contributed by atoms with Gasteiger partial charge >= 0.3 is 0 Å². The van der Waals surface area contributed by atoms with E-state index in [9.17, 15) is 4.79 Å². The van der Waals surface area contributed by atoms with Crippen LogP contribution in [0.2, 0.25) is 0 Å². The van der Waals surface area contributed by atoms with Crippen molar-refractivity contribution in [3.05, 3.63) is 84.3 Å². The molecule has 3 aromatic rings. The molecule has 1 heterocycles. The lowest BCUT2D eigenvalue weighted by atomic mass is 10.1. The summed E-state index contributed by atoms with van der Waals surface area (Å²) >= 11 is 0. The van der Waals surface area contributed by atoms with Crippen LogP contribution in [-0.4, -0.2) is 5.78 Å². The predicted octanol–water partition coefficient (Wildman–Crippen LogP) is 4.30. The molecule has 0 unspecified atom stereocenters. The number of benzene rings is 2. The Labute approximate surface area is 116 Å². The van der Waals surface area contributed by atoms with Gasteiger partial charge in [0.1, 0.15) is 11.5 Å². The zero-order chi connectivity index (χ0) is 13.8. The van der Waals surface area contributed by atoms with E-state index in [0.29, 0.717) is 17.1 Å². The summed E-state index contributed by atoms with van der Waals surface area (Å²) in [5, 5.41) is 0. The first-order valence-corrected chi connectivity index (χ1v) is 6.24. The molecule has 0 aliphatic heterocycles. The second-order valence-electron chi connectivity index (χ2n) is 4.25. The Kier molecular flexibility index (Phi) is 3.33. The van der Waals surface area contributed by atoms with Crippen LogP contribution in [-0.2, 0) is 0 Å². The normalized spacial score (nSPS) is 10.2. The summed E-state index contributed by atoms with van der Waals surface area (Å²) in [7, 11) is 0. The maximum atomic E-state index is 12.0. The molecule has 0 aliphatic carbocycles. The van der Waals surface area contributed by atoms with Gasteiger partial charge in [0.05, 0.1) is 6.26 Å². The number of carbonyl (C=O) groups is 1. The zero-order valence-electron chi connectivity index (χ0n) is 10.7. The highest BCUT2D eigenvalue weighted by atomic mass is 16.5. The van der Waals surface area contributed by atoms with Crippen LogP contribution in [0.1, 0.15) is 16.1 Å². The molecule has 0 saturated carbocycles. The Morgan fingerprint density at radius 2 is 1.50 bits per heavy atom. The maximum absolute atomic E-state index is 12.0. The van der Waals surface area contributed by atoms with Gasteiger partial charge in [-0.05, 0) is 48.5 Å². The number of hydrogen-bond donors (Lipinski definition) is 0. The van der Waals surface area contributed by atoms with Gasteiger partial charge in [0.15, 0.2) is 5.76 Å². The van der Waals surface area contributed by atoms with E-state index >= 15 is 0 Å². The Hall–Kier alpha value is -2.81. The standard InChI is InChI=1S/C17H12O3/c18-17(16-7-4-12-19-16)13-8-10-15(11-9-13)20-14-5-2-1-3-6-14/h1-12H. The van der Waals surface area contributed by atoms with Gasteiger partial charge in [-0.15, -0.1) is 0 Å². The second-order valence-corrected chi connectivity index (χ2v) is 4.25. The van der Waals surface area contributed by atoms with E-state index in [1.807, 2.05) is 30.3 Å². The van der Waals surface area contributed by atoms with Crippen LogP contribution in [0.5, 0.6) is 11.5 Å². The number of furan rings is 1. The molecule has 0 aliphatic rings. The van der Waals surface area contributed by atoms with E-state index < -0.39 is 0 Å². The molecule has 20 heavy (non-hydrogen) atoms. The SMILES string of the molecule is O=C(c1ccc(Oc2ccccc2)cc1)c1ccco1. The van der Waals surface area contributed by atoms with Crippen molar-refractivity contribution in [2.45, 2.75) is 0 Å². The molecule has 2 aromatic carbocycles. The first-order valence-electron chi connectivity index (χ1n) is 6.24. The summed E-state index contributed by atoms with van der Waals surface area (Å²) in [6.45, 7) is 0. The molecular formula is C17H12O3. The molecular weight excluding hydrogens is 252 g/mol. The van der Waals surface area contributed by atoms with Crippen LogP contribution in [0.4, 0.5) is 0 Å². The quantitative estimate of drug-likeness (QED) is 0.659. The van der Waals surface area contributed by atoms with Crippen LogP contribution in [0.3, 0.4) is 0 Å². The van der Waals surface area contributed by atoms with E-state index in [1.165, 1.54) is 6.26 Å². The Morgan fingerprint density at radius 1 is 0.800 bits per heavy atom.